The molecule has 0 N–H and O–H groups in total. The van der Waals surface area contributed by atoms with Crippen LogP contribution in [0.25, 0.3) is 108 Å². The van der Waals surface area contributed by atoms with Crippen molar-refractivity contribution >= 4 is 97.0 Å². The predicted molar refractivity (Wildman–Crippen MR) is 320 cm³/mol. The molecule has 0 bridgehead atoms. The van der Waals surface area contributed by atoms with Crippen molar-refractivity contribution in [2.24, 2.45) is 10.9 Å². The summed E-state index contributed by atoms with van der Waals surface area (Å²) in [5.74, 6) is 0.307. The average molecular weight is 967 g/mol. The molecule has 74 heavy (non-hydrogen) atoms. The Labute approximate surface area is 436 Å². The van der Waals surface area contributed by atoms with Crippen LogP contribution in [0.1, 0.15) is 61.3 Å². The van der Waals surface area contributed by atoms with E-state index in [1.807, 2.05) is 11.3 Å². The molecule has 0 fully saturated rings. The van der Waals surface area contributed by atoms with Crippen molar-refractivity contribution in [2.75, 3.05) is 0 Å². The minimum Gasteiger partial charge on any atom is -0.308 e. The Kier molecular flexibility index (Phi) is 10.8. The third kappa shape index (κ3) is 7.48. The molecule has 0 amide bonds. The molecular weight excluding hydrogens is 913 g/mol. The Morgan fingerprint density at radius 3 is 1.62 bits per heavy atom. The Bertz CT molecular complexity index is 4300. The van der Waals surface area contributed by atoms with E-state index in [1.165, 1.54) is 125 Å². The maximum absolute atomic E-state index is 5.95. The highest BCUT2D eigenvalue weighted by Crippen LogP contribution is 2.48. The molecular formula is C71H54N2S. The maximum Gasteiger partial charge on any atom is 0.0694 e. The van der Waals surface area contributed by atoms with Crippen molar-refractivity contribution in [3.63, 3.8) is 0 Å². The molecule has 2 atom stereocenters. The van der Waals surface area contributed by atoms with Gasteiger partial charge in [-0.2, -0.15) is 0 Å². The third-order valence-electron chi connectivity index (χ3n) is 16.2. The number of aromatic nitrogens is 1. The number of benzene rings is 11. The number of hydrogen-bond donors (Lipinski definition) is 0. The fraction of sp³-hybridized carbons (Fsp3) is 0.113. The van der Waals surface area contributed by atoms with Crippen LogP contribution in [0.5, 0.6) is 0 Å². The number of aliphatic imine (C=N–C) groups is 1. The second kappa shape index (κ2) is 18.0. The van der Waals surface area contributed by atoms with Crippen LogP contribution >= 0.6 is 11.3 Å². The highest BCUT2D eigenvalue weighted by molar-refractivity contribution is 7.26. The zero-order chi connectivity index (χ0) is 49.4. The van der Waals surface area contributed by atoms with Crippen LogP contribution in [0.2, 0.25) is 0 Å². The zero-order valence-corrected chi connectivity index (χ0v) is 42.8. The van der Waals surface area contributed by atoms with Crippen LogP contribution in [-0.2, 0) is 0 Å². The second-order valence-corrected chi connectivity index (χ2v) is 21.7. The summed E-state index contributed by atoms with van der Waals surface area (Å²) in [7, 11) is 0. The molecule has 0 aliphatic carbocycles. The molecule has 3 heteroatoms. The Hall–Kier alpha value is -8.37. The van der Waals surface area contributed by atoms with Crippen LogP contribution in [0.3, 0.4) is 0 Å². The van der Waals surface area contributed by atoms with Crippen molar-refractivity contribution in [2.45, 2.75) is 46.0 Å². The lowest BCUT2D eigenvalue weighted by atomic mass is 9.74. The predicted octanol–water partition coefficient (Wildman–Crippen LogP) is 20.1. The van der Waals surface area contributed by atoms with Crippen LogP contribution in [0.15, 0.2) is 235 Å². The summed E-state index contributed by atoms with van der Waals surface area (Å²) in [5, 5.41) is 12.8. The fourth-order valence-corrected chi connectivity index (χ4v) is 13.6. The second-order valence-electron chi connectivity index (χ2n) is 20.6. The molecule has 2 aromatic heterocycles. The number of allylic oxidation sites excluding steroid dienone is 1. The molecule has 0 spiro atoms. The van der Waals surface area contributed by atoms with Crippen LogP contribution < -0.4 is 0 Å². The van der Waals surface area contributed by atoms with Gasteiger partial charge >= 0.3 is 0 Å². The lowest BCUT2D eigenvalue weighted by Gasteiger charge is -2.32. The molecule has 1 aliphatic heterocycles. The van der Waals surface area contributed by atoms with Crippen molar-refractivity contribution in [3.05, 3.63) is 252 Å². The maximum atomic E-state index is 5.95. The summed E-state index contributed by atoms with van der Waals surface area (Å²) in [5.41, 5.74) is 17.1. The van der Waals surface area contributed by atoms with E-state index in [2.05, 4.69) is 250 Å². The molecule has 354 valence electrons. The van der Waals surface area contributed by atoms with Gasteiger partial charge in [0.15, 0.2) is 0 Å². The van der Waals surface area contributed by atoms with Gasteiger partial charge in [-0.3, -0.25) is 4.99 Å². The van der Waals surface area contributed by atoms with Crippen molar-refractivity contribution < 1.29 is 0 Å². The standard InChI is InChI=1S/C71H54N2S/c1-4-58-59(36-24-45(3)69(51-31-27-49(28-32-51)47-25-22-44(2)23-26-47)72-70(58)52-33-29-48(30-34-52)46-14-6-5-7-15-46)57-40-63-68-60-21-13-12-16-50(60)35-37-67(68)74-71(63)66(43-57)73-64-41-55-19-10-8-17-53(55)38-61(64)62-39-54-18-9-11-20-56(54)42-65(62)73/h5-23,25-35,37-43,58-59H,4,24,36H2,1-3H3/b69-45+,72-70?. The number of aryl methyl sites for hydroxylation is 1. The lowest BCUT2D eigenvalue weighted by molar-refractivity contribution is 0.486. The van der Waals surface area contributed by atoms with E-state index in [1.54, 1.807) is 0 Å². The van der Waals surface area contributed by atoms with E-state index in [0.717, 1.165) is 36.2 Å². The quantitative estimate of drug-likeness (QED) is 0.151. The van der Waals surface area contributed by atoms with E-state index in [4.69, 9.17) is 4.99 Å². The fourth-order valence-electron chi connectivity index (χ4n) is 12.4. The molecule has 0 saturated heterocycles. The van der Waals surface area contributed by atoms with Crippen LogP contribution in [0.4, 0.5) is 0 Å². The summed E-state index contributed by atoms with van der Waals surface area (Å²) < 4.78 is 5.26. The smallest absolute Gasteiger partial charge is 0.0694 e. The highest BCUT2D eigenvalue weighted by atomic mass is 32.1. The summed E-state index contributed by atoms with van der Waals surface area (Å²) in [6.07, 6.45) is 2.87. The van der Waals surface area contributed by atoms with E-state index < -0.39 is 0 Å². The van der Waals surface area contributed by atoms with E-state index in [9.17, 15) is 0 Å². The molecule has 11 aromatic carbocycles. The van der Waals surface area contributed by atoms with Crippen molar-refractivity contribution in [1.29, 1.82) is 0 Å². The van der Waals surface area contributed by atoms with E-state index in [0.29, 0.717) is 0 Å². The summed E-state index contributed by atoms with van der Waals surface area (Å²) in [6, 6.07) is 84.2. The molecule has 14 rings (SSSR count). The summed E-state index contributed by atoms with van der Waals surface area (Å²) in [4.78, 5) is 5.95. The topological polar surface area (TPSA) is 17.3 Å². The molecule has 13 aromatic rings. The van der Waals surface area contributed by atoms with Gasteiger partial charge in [0.1, 0.15) is 0 Å². The first-order chi connectivity index (χ1) is 36.4. The Morgan fingerprint density at radius 1 is 0.473 bits per heavy atom. The minimum atomic E-state index is 0.130. The van der Waals surface area contributed by atoms with Gasteiger partial charge in [0.2, 0.25) is 0 Å². The van der Waals surface area contributed by atoms with Gasteiger partial charge in [0.25, 0.3) is 0 Å². The number of nitrogens with zero attached hydrogens (tertiary/aromatic N) is 2. The SMILES string of the molecule is CCC1C(c2ccc(-c3ccccc3)cc2)=N/C(c2ccc(-c3ccc(C)cc3)cc2)=C(\C)CCC1c1cc(-n2c3cc4ccccc4cc3c3cc4ccccc4cc32)c2sc3ccc4ccccc4c3c2c1. The lowest BCUT2D eigenvalue weighted by Crippen LogP contribution is -2.25. The van der Waals surface area contributed by atoms with Gasteiger partial charge in [0.05, 0.1) is 32.8 Å². The molecule has 0 saturated carbocycles. The van der Waals surface area contributed by atoms with Crippen LogP contribution in [-0.4, -0.2) is 10.3 Å². The molecule has 2 nitrogen and oxygen atoms in total. The van der Waals surface area contributed by atoms with Gasteiger partial charge < -0.3 is 4.57 Å². The van der Waals surface area contributed by atoms with Gasteiger partial charge in [0, 0.05) is 37.7 Å². The Balaban J connectivity index is 1.01. The first-order valence-corrected chi connectivity index (χ1v) is 27.1. The van der Waals surface area contributed by atoms with Crippen LogP contribution in [0, 0.1) is 12.8 Å². The molecule has 3 heterocycles. The number of rotatable bonds is 7. The summed E-state index contributed by atoms with van der Waals surface area (Å²) >= 11 is 1.94. The van der Waals surface area contributed by atoms with E-state index >= 15 is 0 Å². The number of fused-ring (bicyclic) bond motifs is 10. The third-order valence-corrected chi connectivity index (χ3v) is 17.4. The van der Waals surface area contributed by atoms with Gasteiger partial charge in [-0.05, 0) is 153 Å². The number of thiophene rings is 1. The zero-order valence-electron chi connectivity index (χ0n) is 41.9. The monoisotopic (exact) mass is 966 g/mol. The first-order valence-electron chi connectivity index (χ1n) is 26.3. The summed E-state index contributed by atoms with van der Waals surface area (Å²) in [6.45, 7) is 6.86. The Morgan fingerprint density at radius 2 is 1.00 bits per heavy atom. The van der Waals surface area contributed by atoms with E-state index in [-0.39, 0.29) is 11.8 Å². The minimum absolute atomic E-state index is 0.130. The van der Waals surface area contributed by atoms with Gasteiger partial charge in [-0.25, -0.2) is 0 Å². The van der Waals surface area contributed by atoms with Crippen molar-refractivity contribution in [3.8, 4) is 27.9 Å². The molecule has 1 aliphatic rings. The molecule has 0 radical (unpaired) electrons. The normalized spacial score (nSPS) is 16.4. The molecule has 2 unspecified atom stereocenters. The van der Waals surface area contributed by atoms with Gasteiger partial charge in [-0.1, -0.05) is 194 Å². The average Bonchev–Trinajstić information content (AvgIpc) is 4.02. The first kappa shape index (κ1) is 44.3. The van der Waals surface area contributed by atoms with Gasteiger partial charge in [-0.15, -0.1) is 11.3 Å². The van der Waals surface area contributed by atoms with Crippen molar-refractivity contribution in [1.82, 2.24) is 4.57 Å². The largest absolute Gasteiger partial charge is 0.308 e. The number of hydrogen-bond acceptors (Lipinski definition) is 2. The highest BCUT2D eigenvalue weighted by Gasteiger charge is 2.32.